The molecule has 1 aliphatic rings. The van der Waals surface area contributed by atoms with Crippen molar-refractivity contribution in [3.63, 3.8) is 0 Å². The maximum Gasteiger partial charge on any atom is 0.416 e. The van der Waals surface area contributed by atoms with Gasteiger partial charge in [0.25, 0.3) is 10.0 Å². The maximum absolute atomic E-state index is 14.3. The van der Waals surface area contributed by atoms with Crippen molar-refractivity contribution in [1.82, 2.24) is 4.90 Å². The molecule has 3 aromatic carbocycles. The Hall–Kier alpha value is -3.98. The minimum Gasteiger partial charge on any atom is -0.480 e. The van der Waals surface area contributed by atoms with Crippen molar-refractivity contribution in [2.75, 3.05) is 42.4 Å². The molecule has 0 aromatic heterocycles. The molecule has 15 heteroatoms. The van der Waals surface area contributed by atoms with E-state index in [1.165, 1.54) is 25.1 Å². The SMILES string of the molecule is CC(C(=O)O)N(C)CCN1CCN(S(=O)(=O)c2cccc(C(F)(F)F)c2)c2cc(-c3cc(F)cc(OC(F)F)c3)ccc21. The van der Waals surface area contributed by atoms with Gasteiger partial charge in [0, 0.05) is 25.7 Å². The largest absolute Gasteiger partial charge is 0.480 e. The van der Waals surface area contributed by atoms with Crippen LogP contribution in [0.15, 0.2) is 65.6 Å². The standard InChI is InChI=1S/C28H27F6N3O5S/c1-17(26(38)39)35(2)8-9-36-10-11-37(43(40,41)23-5-3-4-20(15-23)28(32,33)34)25-14-18(6-7-24(25)36)19-12-21(29)16-22(13-19)42-27(30)31/h3-7,12-17,27H,8-11H2,1-2H3,(H,38,39). The fraction of sp³-hybridized carbons (Fsp3) is 0.321. The maximum atomic E-state index is 14.3. The van der Waals surface area contributed by atoms with E-state index in [4.69, 9.17) is 0 Å². The van der Waals surface area contributed by atoms with E-state index in [1.807, 2.05) is 0 Å². The number of benzene rings is 3. The van der Waals surface area contributed by atoms with Crippen molar-refractivity contribution in [2.24, 2.45) is 0 Å². The summed E-state index contributed by atoms with van der Waals surface area (Å²) in [6.07, 6.45) is -4.79. The summed E-state index contributed by atoms with van der Waals surface area (Å²) < 4.78 is 113. The van der Waals surface area contributed by atoms with Crippen LogP contribution in [0.4, 0.5) is 37.7 Å². The van der Waals surface area contributed by atoms with E-state index in [9.17, 15) is 44.7 Å². The molecule has 1 heterocycles. The average molecular weight is 632 g/mol. The molecule has 3 aromatic rings. The predicted octanol–water partition coefficient (Wildman–Crippen LogP) is 5.53. The molecule has 0 fully saturated rings. The lowest BCUT2D eigenvalue weighted by Gasteiger charge is -2.39. The zero-order valence-electron chi connectivity index (χ0n) is 22.9. The minimum atomic E-state index is -4.79. The summed E-state index contributed by atoms with van der Waals surface area (Å²) >= 11 is 0. The van der Waals surface area contributed by atoms with E-state index in [1.54, 1.807) is 16.8 Å². The van der Waals surface area contributed by atoms with Gasteiger partial charge < -0.3 is 14.7 Å². The lowest BCUT2D eigenvalue weighted by Crippen LogP contribution is -2.47. The van der Waals surface area contributed by atoms with Crippen LogP contribution in [0.5, 0.6) is 5.75 Å². The van der Waals surface area contributed by atoms with Gasteiger partial charge in [-0.25, -0.2) is 12.8 Å². The number of anilines is 2. The highest BCUT2D eigenvalue weighted by atomic mass is 32.2. The summed E-state index contributed by atoms with van der Waals surface area (Å²) in [6.45, 7) is -1.24. The van der Waals surface area contributed by atoms with Gasteiger partial charge in [-0.05, 0) is 67.6 Å². The van der Waals surface area contributed by atoms with Crippen molar-refractivity contribution in [2.45, 2.75) is 30.6 Å². The Kier molecular flexibility index (Phi) is 9.16. The Morgan fingerprint density at radius 2 is 1.74 bits per heavy atom. The molecule has 0 saturated carbocycles. The monoisotopic (exact) mass is 631 g/mol. The summed E-state index contributed by atoms with van der Waals surface area (Å²) in [5.41, 5.74) is -0.428. The zero-order valence-corrected chi connectivity index (χ0v) is 23.7. The van der Waals surface area contributed by atoms with Crippen LogP contribution in [-0.2, 0) is 21.0 Å². The fourth-order valence-corrected chi connectivity index (χ4v) is 6.13. The molecule has 0 saturated heterocycles. The minimum absolute atomic E-state index is 0.0516. The normalized spacial score (nSPS) is 14.7. The number of nitrogens with zero attached hydrogens (tertiary/aromatic N) is 3. The fourth-order valence-electron chi connectivity index (χ4n) is 4.63. The Bertz CT molecular complexity index is 1600. The van der Waals surface area contributed by atoms with Crippen molar-refractivity contribution < 1.29 is 49.4 Å². The van der Waals surface area contributed by atoms with Gasteiger partial charge >= 0.3 is 18.8 Å². The quantitative estimate of drug-likeness (QED) is 0.294. The molecule has 1 N–H and O–H groups in total. The average Bonchev–Trinajstić information content (AvgIpc) is 2.93. The molecular formula is C28H27F6N3O5S. The predicted molar refractivity (Wildman–Crippen MR) is 146 cm³/mol. The van der Waals surface area contributed by atoms with E-state index >= 15 is 0 Å². The van der Waals surface area contributed by atoms with Crippen LogP contribution in [0.1, 0.15) is 12.5 Å². The third kappa shape index (κ3) is 7.16. The number of carboxylic acids is 1. The molecule has 43 heavy (non-hydrogen) atoms. The van der Waals surface area contributed by atoms with E-state index < -0.39 is 56.8 Å². The number of sulfonamides is 1. The van der Waals surface area contributed by atoms with Gasteiger partial charge in [-0.15, -0.1) is 0 Å². The van der Waals surface area contributed by atoms with Gasteiger partial charge in [0.15, 0.2) is 0 Å². The molecule has 0 bridgehead atoms. The second-order valence-corrected chi connectivity index (χ2v) is 11.7. The lowest BCUT2D eigenvalue weighted by atomic mass is 10.0. The Morgan fingerprint density at radius 3 is 2.40 bits per heavy atom. The van der Waals surface area contributed by atoms with Gasteiger partial charge in [-0.3, -0.25) is 14.0 Å². The Balaban J connectivity index is 1.79. The summed E-state index contributed by atoms with van der Waals surface area (Å²) in [4.78, 5) is 14.1. The molecule has 1 aliphatic heterocycles. The molecule has 0 amide bonds. The summed E-state index contributed by atoms with van der Waals surface area (Å²) in [7, 11) is -2.94. The van der Waals surface area contributed by atoms with Crippen LogP contribution in [0.25, 0.3) is 11.1 Å². The first-order valence-electron chi connectivity index (χ1n) is 12.9. The van der Waals surface area contributed by atoms with Crippen molar-refractivity contribution >= 4 is 27.4 Å². The number of halogens is 6. The van der Waals surface area contributed by atoms with Crippen molar-refractivity contribution in [3.05, 3.63) is 72.0 Å². The van der Waals surface area contributed by atoms with E-state index in [2.05, 4.69) is 4.74 Å². The number of ether oxygens (including phenoxy) is 1. The highest BCUT2D eigenvalue weighted by Gasteiger charge is 2.36. The highest BCUT2D eigenvalue weighted by Crippen LogP contribution is 2.41. The van der Waals surface area contributed by atoms with Gasteiger partial charge in [-0.2, -0.15) is 22.0 Å². The van der Waals surface area contributed by atoms with Crippen LogP contribution in [0, 0.1) is 5.82 Å². The number of hydrogen-bond donors (Lipinski definition) is 1. The van der Waals surface area contributed by atoms with Crippen molar-refractivity contribution in [3.8, 4) is 16.9 Å². The molecule has 1 atom stereocenters. The van der Waals surface area contributed by atoms with Crippen molar-refractivity contribution in [1.29, 1.82) is 0 Å². The van der Waals surface area contributed by atoms with Gasteiger partial charge in [0.05, 0.1) is 28.4 Å². The number of fused-ring (bicyclic) bond motifs is 1. The highest BCUT2D eigenvalue weighted by molar-refractivity contribution is 7.92. The summed E-state index contributed by atoms with van der Waals surface area (Å²) in [5.74, 6) is -2.39. The van der Waals surface area contributed by atoms with Crippen LogP contribution in [0.2, 0.25) is 0 Å². The van der Waals surface area contributed by atoms with Crippen LogP contribution < -0.4 is 13.9 Å². The molecule has 1 unspecified atom stereocenters. The van der Waals surface area contributed by atoms with Crippen LogP contribution in [-0.4, -0.2) is 70.3 Å². The first-order chi connectivity index (χ1) is 20.1. The molecule has 0 radical (unpaired) electrons. The summed E-state index contributed by atoms with van der Waals surface area (Å²) in [5, 5.41) is 9.30. The van der Waals surface area contributed by atoms with Gasteiger partial charge in [0.1, 0.15) is 17.6 Å². The number of hydrogen-bond acceptors (Lipinski definition) is 6. The Labute approximate surface area is 243 Å². The van der Waals surface area contributed by atoms with Crippen LogP contribution >= 0.6 is 0 Å². The molecule has 232 valence electrons. The van der Waals surface area contributed by atoms with E-state index in [0.717, 1.165) is 40.7 Å². The third-order valence-corrected chi connectivity index (χ3v) is 8.89. The number of aliphatic carboxylic acids is 1. The smallest absolute Gasteiger partial charge is 0.416 e. The second-order valence-electron chi connectivity index (χ2n) is 9.84. The van der Waals surface area contributed by atoms with Crippen LogP contribution in [0.3, 0.4) is 0 Å². The number of carboxylic acid groups (broad SMARTS) is 1. The van der Waals surface area contributed by atoms with E-state index in [-0.39, 0.29) is 43.0 Å². The first-order valence-corrected chi connectivity index (χ1v) is 14.3. The molecule has 4 rings (SSSR count). The first kappa shape index (κ1) is 31.9. The third-order valence-electron chi connectivity index (χ3n) is 7.08. The second kappa shape index (κ2) is 12.3. The number of likely N-dealkylation sites (N-methyl/N-ethyl adjacent to an activating group) is 1. The zero-order chi connectivity index (χ0) is 31.7. The number of rotatable bonds is 10. The van der Waals surface area contributed by atoms with Gasteiger partial charge in [0.2, 0.25) is 0 Å². The topological polar surface area (TPSA) is 90.4 Å². The molecule has 8 nitrogen and oxygen atoms in total. The van der Waals surface area contributed by atoms with E-state index in [0.29, 0.717) is 11.8 Å². The number of alkyl halides is 5. The molecule has 0 spiro atoms. The molecule has 0 aliphatic carbocycles. The lowest BCUT2D eigenvalue weighted by molar-refractivity contribution is -0.142. The van der Waals surface area contributed by atoms with Gasteiger partial charge in [-0.1, -0.05) is 12.1 Å². The number of carbonyl (C=O) groups is 1. The Morgan fingerprint density at radius 1 is 1.02 bits per heavy atom. The molecular weight excluding hydrogens is 604 g/mol. The summed E-state index contributed by atoms with van der Waals surface area (Å²) in [6, 6.07) is 9.86.